The van der Waals surface area contributed by atoms with Gasteiger partial charge in [-0.3, -0.25) is 4.79 Å². The number of thiazole rings is 1. The minimum Gasteiger partial charge on any atom is -0.334 e. The number of imidazole rings is 1. The van der Waals surface area contributed by atoms with Crippen LogP contribution in [0.4, 0.5) is 0 Å². The molecule has 0 radical (unpaired) electrons. The molecular weight excluding hydrogens is 356 g/mol. The Balaban J connectivity index is 1.49. The molecular formula is C21H24N4OS. The Morgan fingerprint density at radius 1 is 1.26 bits per heavy atom. The maximum absolute atomic E-state index is 13.0. The van der Waals surface area contributed by atoms with Crippen molar-refractivity contribution in [3.8, 4) is 0 Å². The van der Waals surface area contributed by atoms with E-state index < -0.39 is 0 Å². The third kappa shape index (κ3) is 3.54. The van der Waals surface area contributed by atoms with E-state index in [1.54, 1.807) is 6.20 Å². The molecule has 6 heteroatoms. The predicted octanol–water partition coefficient (Wildman–Crippen LogP) is 3.79. The number of nitrogens with zero attached hydrogens (tertiary/aromatic N) is 4. The van der Waals surface area contributed by atoms with Gasteiger partial charge in [-0.1, -0.05) is 44.2 Å². The van der Waals surface area contributed by atoms with Gasteiger partial charge in [0, 0.05) is 38.0 Å². The summed E-state index contributed by atoms with van der Waals surface area (Å²) >= 11 is 1.50. The molecule has 0 aliphatic carbocycles. The Morgan fingerprint density at radius 2 is 2.04 bits per heavy atom. The molecule has 0 atom stereocenters. The van der Waals surface area contributed by atoms with Gasteiger partial charge in [0.15, 0.2) is 0 Å². The lowest BCUT2D eigenvalue weighted by Crippen LogP contribution is -2.36. The molecule has 3 heterocycles. The SMILES string of the molecule is CC(C)c1nc2c(n1C)CCN(C(=O)c1cnc(Cc3ccccc3)s1)C2. The molecule has 1 aliphatic heterocycles. The van der Waals surface area contributed by atoms with Gasteiger partial charge in [0.1, 0.15) is 10.7 Å². The zero-order valence-corrected chi connectivity index (χ0v) is 16.8. The van der Waals surface area contributed by atoms with Crippen molar-refractivity contribution in [3.63, 3.8) is 0 Å². The lowest BCUT2D eigenvalue weighted by Gasteiger charge is -2.26. The molecule has 0 spiro atoms. The molecule has 0 unspecified atom stereocenters. The van der Waals surface area contributed by atoms with E-state index in [1.807, 2.05) is 23.1 Å². The highest BCUT2D eigenvalue weighted by Gasteiger charge is 2.27. The van der Waals surface area contributed by atoms with Crippen LogP contribution < -0.4 is 0 Å². The summed E-state index contributed by atoms with van der Waals surface area (Å²) < 4.78 is 2.20. The van der Waals surface area contributed by atoms with Crippen molar-refractivity contribution in [2.75, 3.05) is 6.54 Å². The standard InChI is InChI=1S/C21H24N4OS/c1-14(2)20-23-16-13-25(10-9-17(16)24(20)3)21(26)18-12-22-19(27-18)11-15-7-5-4-6-8-15/h4-8,12,14H,9-11,13H2,1-3H3. The van der Waals surface area contributed by atoms with Crippen LogP contribution >= 0.6 is 11.3 Å². The van der Waals surface area contributed by atoms with Gasteiger partial charge in [-0.05, 0) is 5.56 Å². The Kier molecular flexibility index (Phi) is 4.83. The van der Waals surface area contributed by atoms with E-state index >= 15 is 0 Å². The van der Waals surface area contributed by atoms with E-state index in [4.69, 9.17) is 4.98 Å². The van der Waals surface area contributed by atoms with E-state index in [0.29, 0.717) is 17.3 Å². The summed E-state index contributed by atoms with van der Waals surface area (Å²) in [5, 5.41) is 0.974. The van der Waals surface area contributed by atoms with E-state index in [0.717, 1.165) is 35.9 Å². The van der Waals surface area contributed by atoms with Crippen molar-refractivity contribution < 1.29 is 4.79 Å². The molecule has 0 bridgehead atoms. The number of aromatic nitrogens is 3. The second-order valence-electron chi connectivity index (χ2n) is 7.33. The Hall–Kier alpha value is -2.47. The van der Waals surface area contributed by atoms with E-state index in [-0.39, 0.29) is 5.91 Å². The molecule has 0 saturated heterocycles. The normalized spacial score (nSPS) is 13.9. The van der Waals surface area contributed by atoms with Gasteiger partial charge in [0.05, 0.1) is 23.4 Å². The molecule has 1 aliphatic rings. The molecule has 3 aromatic rings. The highest BCUT2D eigenvalue weighted by molar-refractivity contribution is 7.13. The van der Waals surface area contributed by atoms with Crippen LogP contribution in [0.15, 0.2) is 36.5 Å². The fourth-order valence-corrected chi connectivity index (χ4v) is 4.58. The summed E-state index contributed by atoms with van der Waals surface area (Å²) in [5.41, 5.74) is 3.51. The number of rotatable bonds is 4. The topological polar surface area (TPSA) is 51.0 Å². The van der Waals surface area contributed by atoms with Crippen LogP contribution in [0.2, 0.25) is 0 Å². The van der Waals surface area contributed by atoms with Gasteiger partial charge in [0.2, 0.25) is 0 Å². The quantitative estimate of drug-likeness (QED) is 0.692. The molecule has 1 aromatic carbocycles. The van der Waals surface area contributed by atoms with Gasteiger partial charge in [-0.2, -0.15) is 0 Å². The third-order valence-corrected chi connectivity index (χ3v) is 6.04. The van der Waals surface area contributed by atoms with Gasteiger partial charge in [-0.15, -0.1) is 11.3 Å². The number of amides is 1. The smallest absolute Gasteiger partial charge is 0.265 e. The maximum atomic E-state index is 13.0. The molecule has 0 saturated carbocycles. The van der Waals surface area contributed by atoms with Crippen LogP contribution in [-0.4, -0.2) is 31.9 Å². The summed E-state index contributed by atoms with van der Waals surface area (Å²) in [7, 11) is 2.08. The number of benzene rings is 1. The molecule has 5 nitrogen and oxygen atoms in total. The average molecular weight is 381 g/mol. The predicted molar refractivity (Wildman–Crippen MR) is 107 cm³/mol. The molecule has 140 valence electrons. The van der Waals surface area contributed by atoms with E-state index in [2.05, 4.69) is 42.6 Å². The van der Waals surface area contributed by atoms with Crippen molar-refractivity contribution >= 4 is 17.2 Å². The van der Waals surface area contributed by atoms with Crippen LogP contribution in [0.3, 0.4) is 0 Å². The monoisotopic (exact) mass is 380 g/mol. The maximum Gasteiger partial charge on any atom is 0.265 e. The highest BCUT2D eigenvalue weighted by atomic mass is 32.1. The van der Waals surface area contributed by atoms with Crippen molar-refractivity contribution in [1.82, 2.24) is 19.4 Å². The second-order valence-corrected chi connectivity index (χ2v) is 8.45. The fourth-order valence-electron chi connectivity index (χ4n) is 3.66. The first-order valence-electron chi connectivity index (χ1n) is 9.35. The fraction of sp³-hybridized carbons (Fsp3) is 0.381. The van der Waals surface area contributed by atoms with Crippen LogP contribution in [0.1, 0.15) is 57.2 Å². The highest BCUT2D eigenvalue weighted by Crippen LogP contribution is 2.25. The molecule has 1 amide bonds. The molecule has 0 fully saturated rings. The summed E-state index contributed by atoms with van der Waals surface area (Å²) in [5.74, 6) is 1.54. The van der Waals surface area contributed by atoms with Gasteiger partial charge in [-0.25, -0.2) is 9.97 Å². The van der Waals surface area contributed by atoms with Crippen LogP contribution in [-0.2, 0) is 26.4 Å². The summed E-state index contributed by atoms with van der Waals surface area (Å²) in [4.78, 5) is 24.8. The summed E-state index contributed by atoms with van der Waals surface area (Å²) in [6.45, 7) is 5.63. The summed E-state index contributed by atoms with van der Waals surface area (Å²) in [6.07, 6.45) is 3.34. The minimum absolute atomic E-state index is 0.0641. The zero-order chi connectivity index (χ0) is 19.0. The van der Waals surface area contributed by atoms with Crippen molar-refractivity contribution in [2.45, 2.75) is 39.2 Å². The first-order chi connectivity index (χ1) is 13.0. The number of carbonyl (C=O) groups is 1. The van der Waals surface area contributed by atoms with E-state index in [1.165, 1.54) is 22.6 Å². The first-order valence-corrected chi connectivity index (χ1v) is 10.2. The lowest BCUT2D eigenvalue weighted by atomic mass is 10.1. The van der Waals surface area contributed by atoms with Crippen molar-refractivity contribution in [3.05, 3.63) is 69.2 Å². The van der Waals surface area contributed by atoms with Gasteiger partial charge < -0.3 is 9.47 Å². The Bertz CT molecular complexity index is 958. The average Bonchev–Trinajstić information content (AvgIpc) is 3.26. The largest absolute Gasteiger partial charge is 0.334 e. The first kappa shape index (κ1) is 17.9. The molecule has 27 heavy (non-hydrogen) atoms. The van der Waals surface area contributed by atoms with Gasteiger partial charge in [0.25, 0.3) is 5.91 Å². The van der Waals surface area contributed by atoms with E-state index in [9.17, 15) is 4.79 Å². The molecule has 4 rings (SSSR count). The number of fused-ring (bicyclic) bond motifs is 1. The number of hydrogen-bond donors (Lipinski definition) is 0. The number of hydrogen-bond acceptors (Lipinski definition) is 4. The van der Waals surface area contributed by atoms with Crippen molar-refractivity contribution in [2.24, 2.45) is 7.05 Å². The summed E-state index contributed by atoms with van der Waals surface area (Å²) in [6, 6.07) is 10.2. The Morgan fingerprint density at radius 3 is 2.78 bits per heavy atom. The van der Waals surface area contributed by atoms with Gasteiger partial charge >= 0.3 is 0 Å². The lowest BCUT2D eigenvalue weighted by molar-refractivity contribution is 0.0736. The Labute approximate surface area is 163 Å². The zero-order valence-electron chi connectivity index (χ0n) is 16.0. The van der Waals surface area contributed by atoms with Crippen LogP contribution in [0.5, 0.6) is 0 Å². The number of carbonyl (C=O) groups excluding carboxylic acids is 1. The minimum atomic E-state index is 0.0641. The van der Waals surface area contributed by atoms with Crippen molar-refractivity contribution in [1.29, 1.82) is 0 Å². The third-order valence-electron chi connectivity index (χ3n) is 5.06. The van der Waals surface area contributed by atoms with Crippen LogP contribution in [0.25, 0.3) is 0 Å². The molecule has 2 aromatic heterocycles. The molecule has 0 N–H and O–H groups in total. The van der Waals surface area contributed by atoms with Crippen LogP contribution in [0, 0.1) is 0 Å². The second kappa shape index (κ2) is 7.27.